The van der Waals surface area contributed by atoms with E-state index in [4.69, 9.17) is 0 Å². The first kappa shape index (κ1) is 13.8. The van der Waals surface area contributed by atoms with E-state index in [-0.39, 0.29) is 5.92 Å². The summed E-state index contributed by atoms with van der Waals surface area (Å²) >= 11 is 0. The van der Waals surface area contributed by atoms with E-state index in [1.165, 1.54) is 0 Å². The standard InChI is InChI=1S/C15H17NO2S/c1-13(14-8-4-2-5-9-14)12-16-19(17,18)15-10-6-3-7-11-15/h2-11,13,16H,12H2,1H3. The predicted molar refractivity (Wildman–Crippen MR) is 76.5 cm³/mol. The van der Waals surface area contributed by atoms with Gasteiger partial charge in [0.15, 0.2) is 0 Å². The van der Waals surface area contributed by atoms with Crippen LogP contribution in [0.4, 0.5) is 0 Å². The molecule has 0 saturated carbocycles. The molecule has 0 aliphatic heterocycles. The van der Waals surface area contributed by atoms with Crippen molar-refractivity contribution in [2.75, 3.05) is 6.54 Å². The molecule has 0 amide bonds. The van der Waals surface area contributed by atoms with E-state index in [0.717, 1.165) is 5.56 Å². The minimum absolute atomic E-state index is 0.139. The number of sulfonamides is 1. The van der Waals surface area contributed by atoms with Crippen molar-refractivity contribution in [3.05, 3.63) is 66.2 Å². The Morgan fingerprint density at radius 2 is 1.47 bits per heavy atom. The summed E-state index contributed by atoms with van der Waals surface area (Å²) in [5, 5.41) is 0. The monoisotopic (exact) mass is 275 g/mol. The molecule has 100 valence electrons. The summed E-state index contributed by atoms with van der Waals surface area (Å²) in [5.41, 5.74) is 1.12. The van der Waals surface area contributed by atoms with Gasteiger partial charge in [0.1, 0.15) is 0 Å². The van der Waals surface area contributed by atoms with Crippen molar-refractivity contribution in [1.82, 2.24) is 4.72 Å². The third kappa shape index (κ3) is 3.66. The minimum atomic E-state index is -3.41. The van der Waals surface area contributed by atoms with Crippen LogP contribution in [0.1, 0.15) is 18.4 Å². The van der Waals surface area contributed by atoms with Gasteiger partial charge < -0.3 is 0 Å². The lowest BCUT2D eigenvalue weighted by Crippen LogP contribution is -2.27. The van der Waals surface area contributed by atoms with E-state index in [1.807, 2.05) is 37.3 Å². The third-order valence-corrected chi connectivity index (χ3v) is 4.44. The van der Waals surface area contributed by atoms with Crippen molar-refractivity contribution < 1.29 is 8.42 Å². The molecule has 0 aromatic heterocycles. The van der Waals surface area contributed by atoms with Crippen molar-refractivity contribution in [3.63, 3.8) is 0 Å². The Morgan fingerprint density at radius 1 is 0.947 bits per heavy atom. The van der Waals surface area contributed by atoms with E-state index >= 15 is 0 Å². The molecule has 0 bridgehead atoms. The highest BCUT2D eigenvalue weighted by atomic mass is 32.2. The molecule has 0 spiro atoms. The summed E-state index contributed by atoms with van der Waals surface area (Å²) < 4.78 is 26.8. The fraction of sp³-hybridized carbons (Fsp3) is 0.200. The summed E-state index contributed by atoms with van der Waals surface area (Å²) in [6.45, 7) is 2.39. The Balaban J connectivity index is 2.03. The number of nitrogens with one attached hydrogen (secondary N) is 1. The minimum Gasteiger partial charge on any atom is -0.211 e. The Labute approximate surface area is 114 Å². The molecule has 1 atom stereocenters. The van der Waals surface area contributed by atoms with Crippen LogP contribution in [0.25, 0.3) is 0 Å². The Morgan fingerprint density at radius 3 is 2.05 bits per heavy atom. The molecule has 19 heavy (non-hydrogen) atoms. The zero-order chi connectivity index (χ0) is 13.7. The summed E-state index contributed by atoms with van der Waals surface area (Å²) in [6.07, 6.45) is 0. The second-order valence-electron chi connectivity index (χ2n) is 4.48. The van der Waals surface area contributed by atoms with Crippen molar-refractivity contribution >= 4 is 10.0 Å². The van der Waals surface area contributed by atoms with Crippen molar-refractivity contribution in [3.8, 4) is 0 Å². The fourth-order valence-corrected chi connectivity index (χ4v) is 2.97. The first-order chi connectivity index (χ1) is 9.09. The Hall–Kier alpha value is -1.65. The molecule has 0 aliphatic rings. The maximum atomic E-state index is 12.1. The maximum absolute atomic E-state index is 12.1. The Bertz CT molecular complexity index is 609. The molecule has 1 N–H and O–H groups in total. The normalized spacial score (nSPS) is 13.1. The average Bonchev–Trinajstić information content (AvgIpc) is 2.47. The first-order valence-electron chi connectivity index (χ1n) is 6.19. The SMILES string of the molecule is CC(CNS(=O)(=O)c1ccccc1)c1ccccc1. The first-order valence-corrected chi connectivity index (χ1v) is 7.67. The summed E-state index contributed by atoms with van der Waals surface area (Å²) in [5.74, 6) is 0.139. The van der Waals surface area contributed by atoms with Gasteiger partial charge in [0.05, 0.1) is 4.90 Å². The lowest BCUT2D eigenvalue weighted by atomic mass is 10.0. The van der Waals surface area contributed by atoms with Gasteiger partial charge in [-0.1, -0.05) is 55.5 Å². The van der Waals surface area contributed by atoms with Crippen LogP contribution in [0, 0.1) is 0 Å². The molecular formula is C15H17NO2S. The van der Waals surface area contributed by atoms with Crippen LogP contribution in [0.5, 0.6) is 0 Å². The van der Waals surface area contributed by atoms with Gasteiger partial charge in [-0.2, -0.15) is 0 Å². The highest BCUT2D eigenvalue weighted by Crippen LogP contribution is 2.15. The average molecular weight is 275 g/mol. The molecule has 1 unspecified atom stereocenters. The van der Waals surface area contributed by atoms with Crippen LogP contribution >= 0.6 is 0 Å². The number of hydrogen-bond donors (Lipinski definition) is 1. The van der Waals surface area contributed by atoms with Crippen molar-refractivity contribution in [1.29, 1.82) is 0 Å². The zero-order valence-electron chi connectivity index (χ0n) is 10.8. The summed E-state index contributed by atoms with van der Waals surface area (Å²) in [7, 11) is -3.41. The smallest absolute Gasteiger partial charge is 0.211 e. The van der Waals surface area contributed by atoms with Gasteiger partial charge in [-0.25, -0.2) is 13.1 Å². The predicted octanol–water partition coefficient (Wildman–Crippen LogP) is 2.77. The molecular weight excluding hydrogens is 258 g/mol. The summed E-state index contributed by atoms with van der Waals surface area (Å²) in [4.78, 5) is 0.301. The zero-order valence-corrected chi connectivity index (χ0v) is 11.6. The van der Waals surface area contributed by atoms with Crippen LogP contribution in [0.2, 0.25) is 0 Å². The molecule has 0 radical (unpaired) electrons. The van der Waals surface area contributed by atoms with Crippen molar-refractivity contribution in [2.24, 2.45) is 0 Å². The van der Waals surface area contributed by atoms with Crippen LogP contribution in [-0.2, 0) is 10.0 Å². The molecule has 4 heteroatoms. The molecule has 0 aliphatic carbocycles. The van der Waals surface area contributed by atoms with Gasteiger partial charge in [0.25, 0.3) is 0 Å². The molecule has 0 heterocycles. The molecule has 0 saturated heterocycles. The maximum Gasteiger partial charge on any atom is 0.240 e. The van der Waals surface area contributed by atoms with E-state index in [1.54, 1.807) is 30.3 Å². The van der Waals surface area contributed by atoms with Crippen molar-refractivity contribution in [2.45, 2.75) is 17.7 Å². The van der Waals surface area contributed by atoms with E-state index in [9.17, 15) is 8.42 Å². The van der Waals surface area contributed by atoms with E-state index in [0.29, 0.717) is 11.4 Å². The molecule has 2 rings (SSSR count). The van der Waals surface area contributed by atoms with Gasteiger partial charge >= 0.3 is 0 Å². The third-order valence-electron chi connectivity index (χ3n) is 3.00. The lowest BCUT2D eigenvalue weighted by molar-refractivity contribution is 0.575. The topological polar surface area (TPSA) is 46.2 Å². The van der Waals surface area contributed by atoms with Gasteiger partial charge in [-0.15, -0.1) is 0 Å². The molecule has 3 nitrogen and oxygen atoms in total. The highest BCUT2D eigenvalue weighted by molar-refractivity contribution is 7.89. The van der Waals surface area contributed by atoms with E-state index < -0.39 is 10.0 Å². The Kier molecular flexibility index (Phi) is 4.35. The van der Waals surface area contributed by atoms with Crippen LogP contribution in [0.3, 0.4) is 0 Å². The molecule has 0 fully saturated rings. The number of rotatable bonds is 5. The highest BCUT2D eigenvalue weighted by Gasteiger charge is 2.14. The summed E-state index contributed by atoms with van der Waals surface area (Å²) in [6, 6.07) is 18.3. The molecule has 2 aromatic rings. The van der Waals surface area contributed by atoms with E-state index in [2.05, 4.69) is 4.72 Å². The fourth-order valence-electron chi connectivity index (χ4n) is 1.82. The largest absolute Gasteiger partial charge is 0.240 e. The van der Waals surface area contributed by atoms with Crippen LogP contribution < -0.4 is 4.72 Å². The second-order valence-corrected chi connectivity index (χ2v) is 6.24. The van der Waals surface area contributed by atoms with Gasteiger partial charge in [0, 0.05) is 6.54 Å². The molecule has 2 aromatic carbocycles. The lowest BCUT2D eigenvalue weighted by Gasteiger charge is -2.13. The second kappa shape index (κ2) is 5.99. The van der Waals surface area contributed by atoms with Gasteiger partial charge in [-0.3, -0.25) is 0 Å². The van der Waals surface area contributed by atoms with Gasteiger partial charge in [0.2, 0.25) is 10.0 Å². The number of benzene rings is 2. The van der Waals surface area contributed by atoms with Gasteiger partial charge in [-0.05, 0) is 23.6 Å². The quantitative estimate of drug-likeness (QED) is 0.912. The number of hydrogen-bond acceptors (Lipinski definition) is 2. The van der Waals surface area contributed by atoms with Crippen LogP contribution in [-0.4, -0.2) is 15.0 Å². The van der Waals surface area contributed by atoms with Crippen LogP contribution in [0.15, 0.2) is 65.6 Å².